The number of nitro benzene ring substituents is 1. The van der Waals surface area contributed by atoms with Crippen LogP contribution in [-0.4, -0.2) is 29.7 Å². The van der Waals surface area contributed by atoms with E-state index in [-0.39, 0.29) is 28.8 Å². The Morgan fingerprint density at radius 2 is 2.32 bits per heavy atom. The zero-order valence-electron chi connectivity index (χ0n) is 11.1. The molecule has 104 valence electrons. The first-order chi connectivity index (χ1) is 9.02. The minimum atomic E-state index is -0.374. The number of aryl methyl sites for hydroxylation is 1. The number of benzene rings is 1. The average molecular weight is 265 g/mol. The molecule has 1 aliphatic carbocycles. The van der Waals surface area contributed by atoms with Gasteiger partial charge >= 0.3 is 0 Å². The Labute approximate surface area is 112 Å². The number of nitrogens with zero attached hydrogens (tertiary/aromatic N) is 1. The van der Waals surface area contributed by atoms with Crippen LogP contribution >= 0.6 is 0 Å². The van der Waals surface area contributed by atoms with Gasteiger partial charge in [-0.15, -0.1) is 0 Å². The van der Waals surface area contributed by atoms with Crippen molar-refractivity contribution < 1.29 is 9.66 Å². The predicted molar refractivity (Wildman–Crippen MR) is 73.3 cm³/mol. The van der Waals surface area contributed by atoms with Crippen molar-refractivity contribution >= 4 is 11.4 Å². The van der Waals surface area contributed by atoms with Gasteiger partial charge in [-0.25, -0.2) is 0 Å². The van der Waals surface area contributed by atoms with Gasteiger partial charge in [0.1, 0.15) is 0 Å². The second-order valence-electron chi connectivity index (χ2n) is 4.82. The van der Waals surface area contributed by atoms with Gasteiger partial charge in [0.2, 0.25) is 0 Å². The van der Waals surface area contributed by atoms with Crippen LogP contribution in [0.15, 0.2) is 18.2 Å². The van der Waals surface area contributed by atoms with Crippen LogP contribution in [-0.2, 0) is 4.74 Å². The summed E-state index contributed by atoms with van der Waals surface area (Å²) in [5.74, 6) is 0. The molecule has 1 saturated carbocycles. The van der Waals surface area contributed by atoms with E-state index >= 15 is 0 Å². The summed E-state index contributed by atoms with van der Waals surface area (Å²) in [7, 11) is 0. The number of nitro groups is 1. The fourth-order valence-corrected chi connectivity index (χ4v) is 2.32. The van der Waals surface area contributed by atoms with E-state index in [4.69, 9.17) is 10.5 Å². The maximum Gasteiger partial charge on any atom is 0.274 e. The summed E-state index contributed by atoms with van der Waals surface area (Å²) in [6.07, 6.45) is 0.903. The molecular formula is C13H19N3O3. The van der Waals surface area contributed by atoms with Crippen LogP contribution in [0.3, 0.4) is 0 Å². The third kappa shape index (κ3) is 2.85. The summed E-state index contributed by atoms with van der Waals surface area (Å²) in [6, 6.07) is 5.15. The topological polar surface area (TPSA) is 90.4 Å². The van der Waals surface area contributed by atoms with E-state index in [2.05, 4.69) is 5.32 Å². The Kier molecular flexibility index (Phi) is 4.01. The summed E-state index contributed by atoms with van der Waals surface area (Å²) in [5.41, 5.74) is 7.42. The zero-order valence-corrected chi connectivity index (χ0v) is 11.1. The number of rotatable bonds is 5. The van der Waals surface area contributed by atoms with Gasteiger partial charge in [-0.3, -0.25) is 10.1 Å². The largest absolute Gasteiger partial charge is 0.378 e. The smallest absolute Gasteiger partial charge is 0.274 e. The predicted octanol–water partition coefficient (Wildman–Crippen LogP) is 1.82. The lowest BCUT2D eigenvalue weighted by Gasteiger charge is -2.43. The van der Waals surface area contributed by atoms with E-state index in [1.807, 2.05) is 13.0 Å². The molecule has 19 heavy (non-hydrogen) atoms. The molecule has 0 bridgehead atoms. The lowest BCUT2D eigenvalue weighted by molar-refractivity contribution is -0.385. The molecule has 6 heteroatoms. The molecule has 3 unspecified atom stereocenters. The SMILES string of the molecule is CCOC1CC(N)C1Nc1ccc(C)c([N+](=O)[O-])c1. The van der Waals surface area contributed by atoms with Gasteiger partial charge < -0.3 is 15.8 Å². The van der Waals surface area contributed by atoms with Crippen LogP contribution in [0.5, 0.6) is 0 Å². The molecule has 0 heterocycles. The van der Waals surface area contributed by atoms with Crippen LogP contribution < -0.4 is 11.1 Å². The molecule has 3 N–H and O–H groups in total. The van der Waals surface area contributed by atoms with Gasteiger partial charge in [0, 0.05) is 30.0 Å². The molecule has 0 radical (unpaired) electrons. The number of hydrogen-bond donors (Lipinski definition) is 2. The second kappa shape index (κ2) is 5.54. The molecule has 0 spiro atoms. The van der Waals surface area contributed by atoms with Crippen molar-refractivity contribution in [1.29, 1.82) is 0 Å². The summed E-state index contributed by atoms with van der Waals surface area (Å²) in [6.45, 7) is 4.31. The molecule has 0 aliphatic heterocycles. The average Bonchev–Trinajstić information content (AvgIpc) is 2.37. The fraction of sp³-hybridized carbons (Fsp3) is 0.538. The first-order valence-corrected chi connectivity index (χ1v) is 6.41. The van der Waals surface area contributed by atoms with E-state index in [9.17, 15) is 10.1 Å². The Morgan fingerprint density at radius 1 is 1.58 bits per heavy atom. The van der Waals surface area contributed by atoms with Crippen LogP contribution in [0.1, 0.15) is 18.9 Å². The molecule has 0 aromatic heterocycles. The van der Waals surface area contributed by atoms with E-state index in [1.165, 1.54) is 0 Å². The minimum Gasteiger partial charge on any atom is -0.378 e. The number of nitrogens with two attached hydrogens (primary N) is 1. The fourth-order valence-electron chi connectivity index (χ4n) is 2.32. The summed E-state index contributed by atoms with van der Waals surface area (Å²) >= 11 is 0. The molecule has 2 rings (SSSR count). The van der Waals surface area contributed by atoms with E-state index in [0.717, 1.165) is 6.42 Å². The second-order valence-corrected chi connectivity index (χ2v) is 4.82. The Hall–Kier alpha value is -1.66. The Bertz CT molecular complexity index is 476. The third-order valence-electron chi connectivity index (χ3n) is 3.49. The highest BCUT2D eigenvalue weighted by molar-refractivity contribution is 5.56. The highest BCUT2D eigenvalue weighted by Gasteiger charge is 2.39. The molecule has 1 aromatic carbocycles. The lowest BCUT2D eigenvalue weighted by Crippen LogP contribution is -2.60. The molecular weight excluding hydrogens is 246 g/mol. The van der Waals surface area contributed by atoms with Gasteiger partial charge in [-0.1, -0.05) is 6.07 Å². The van der Waals surface area contributed by atoms with Gasteiger partial charge in [-0.2, -0.15) is 0 Å². The van der Waals surface area contributed by atoms with Crippen LogP contribution in [0.4, 0.5) is 11.4 Å². The Morgan fingerprint density at radius 3 is 2.89 bits per heavy atom. The number of anilines is 1. The van der Waals surface area contributed by atoms with Crippen molar-refractivity contribution in [3.05, 3.63) is 33.9 Å². The standard InChI is InChI=1S/C13H19N3O3/c1-3-19-12-7-10(14)13(12)15-9-5-4-8(2)11(6-9)16(17)18/h4-6,10,12-13,15H,3,7,14H2,1-2H3. The molecule has 0 saturated heterocycles. The van der Waals surface area contributed by atoms with Crippen molar-refractivity contribution in [1.82, 2.24) is 0 Å². The van der Waals surface area contributed by atoms with Gasteiger partial charge in [-0.05, 0) is 26.3 Å². The maximum atomic E-state index is 10.9. The first-order valence-electron chi connectivity index (χ1n) is 6.41. The third-order valence-corrected chi connectivity index (χ3v) is 3.49. The van der Waals surface area contributed by atoms with Gasteiger partial charge in [0.15, 0.2) is 0 Å². The normalized spacial score (nSPS) is 25.7. The summed E-state index contributed by atoms with van der Waals surface area (Å²) in [4.78, 5) is 10.5. The van der Waals surface area contributed by atoms with Gasteiger partial charge in [0.25, 0.3) is 5.69 Å². The number of nitrogens with one attached hydrogen (secondary N) is 1. The van der Waals surface area contributed by atoms with Crippen LogP contribution in [0.2, 0.25) is 0 Å². The van der Waals surface area contributed by atoms with Crippen LogP contribution in [0, 0.1) is 17.0 Å². The monoisotopic (exact) mass is 265 g/mol. The first kappa shape index (κ1) is 13.8. The van der Waals surface area contributed by atoms with Crippen molar-refractivity contribution in [2.24, 2.45) is 5.73 Å². The molecule has 0 amide bonds. The van der Waals surface area contributed by atoms with E-state index in [1.54, 1.807) is 19.1 Å². The zero-order chi connectivity index (χ0) is 14.0. The number of hydrogen-bond acceptors (Lipinski definition) is 5. The summed E-state index contributed by atoms with van der Waals surface area (Å²) in [5, 5.41) is 14.1. The Balaban J connectivity index is 2.10. The molecule has 1 aliphatic rings. The number of ether oxygens (including phenoxy) is 1. The van der Waals surface area contributed by atoms with Crippen molar-refractivity contribution in [3.63, 3.8) is 0 Å². The molecule has 1 fully saturated rings. The highest BCUT2D eigenvalue weighted by Crippen LogP contribution is 2.28. The molecule has 6 nitrogen and oxygen atoms in total. The molecule has 3 atom stereocenters. The van der Waals surface area contributed by atoms with Crippen molar-refractivity contribution in [2.45, 2.75) is 38.5 Å². The van der Waals surface area contributed by atoms with Gasteiger partial charge in [0.05, 0.1) is 17.1 Å². The highest BCUT2D eigenvalue weighted by atomic mass is 16.6. The van der Waals surface area contributed by atoms with E-state index in [0.29, 0.717) is 17.9 Å². The lowest BCUT2D eigenvalue weighted by atomic mass is 9.83. The minimum absolute atomic E-state index is 0.0160. The summed E-state index contributed by atoms with van der Waals surface area (Å²) < 4.78 is 5.56. The quantitative estimate of drug-likeness (QED) is 0.626. The van der Waals surface area contributed by atoms with E-state index < -0.39 is 0 Å². The van der Waals surface area contributed by atoms with Crippen LogP contribution in [0.25, 0.3) is 0 Å². The maximum absolute atomic E-state index is 10.9. The molecule has 1 aromatic rings. The van der Waals surface area contributed by atoms with Crippen molar-refractivity contribution in [3.8, 4) is 0 Å². The van der Waals surface area contributed by atoms with Crippen molar-refractivity contribution in [2.75, 3.05) is 11.9 Å².